The number of nitrogens with one attached hydrogen (secondary N) is 1. The van der Waals surface area contributed by atoms with Gasteiger partial charge in [-0.25, -0.2) is 0 Å². The van der Waals surface area contributed by atoms with E-state index in [1.807, 2.05) is 6.20 Å². The maximum atomic E-state index is 4.93. The van der Waals surface area contributed by atoms with Gasteiger partial charge in [0.05, 0.1) is 12.3 Å². The van der Waals surface area contributed by atoms with Crippen LogP contribution in [0.1, 0.15) is 18.2 Å². The van der Waals surface area contributed by atoms with E-state index in [1.165, 1.54) is 5.56 Å². The van der Waals surface area contributed by atoms with Crippen molar-refractivity contribution >= 4 is 0 Å². The van der Waals surface area contributed by atoms with Crippen LogP contribution in [-0.2, 0) is 17.7 Å². The molecule has 0 aliphatic heterocycles. The molecule has 0 amide bonds. The third-order valence-electron chi connectivity index (χ3n) is 2.08. The lowest BCUT2D eigenvalue weighted by Crippen LogP contribution is -2.19. The fourth-order valence-corrected chi connectivity index (χ4v) is 1.16. The summed E-state index contributed by atoms with van der Waals surface area (Å²) in [5, 5.41) is 3.25. The molecule has 0 saturated heterocycles. The molecule has 0 unspecified atom stereocenters. The number of pyridine rings is 1. The standard InChI is InChI=1S/C11H18N2O/c1-3-10-4-5-11(13-8-10)9-12-6-7-14-2/h4-5,8,12H,3,6-7,9H2,1-2H3. The number of hydrogen-bond donors (Lipinski definition) is 1. The number of methoxy groups -OCH3 is 1. The summed E-state index contributed by atoms with van der Waals surface area (Å²) in [5.74, 6) is 0. The van der Waals surface area contributed by atoms with E-state index < -0.39 is 0 Å². The quantitative estimate of drug-likeness (QED) is 0.695. The van der Waals surface area contributed by atoms with E-state index in [0.29, 0.717) is 0 Å². The molecule has 1 heterocycles. The van der Waals surface area contributed by atoms with Gasteiger partial charge in [-0.3, -0.25) is 4.98 Å². The van der Waals surface area contributed by atoms with Crippen molar-refractivity contribution in [1.29, 1.82) is 0 Å². The molecule has 0 atom stereocenters. The Morgan fingerprint density at radius 3 is 2.86 bits per heavy atom. The van der Waals surface area contributed by atoms with Gasteiger partial charge in [0.1, 0.15) is 0 Å². The van der Waals surface area contributed by atoms with Gasteiger partial charge >= 0.3 is 0 Å². The number of aryl methyl sites for hydroxylation is 1. The van der Waals surface area contributed by atoms with Crippen LogP contribution in [0, 0.1) is 0 Å². The Labute approximate surface area is 85.5 Å². The highest BCUT2D eigenvalue weighted by molar-refractivity contribution is 5.13. The third-order valence-corrected chi connectivity index (χ3v) is 2.08. The van der Waals surface area contributed by atoms with Crippen LogP contribution in [0.5, 0.6) is 0 Å². The van der Waals surface area contributed by atoms with Gasteiger partial charge < -0.3 is 10.1 Å². The molecule has 0 fully saturated rings. The van der Waals surface area contributed by atoms with Crippen molar-refractivity contribution in [3.8, 4) is 0 Å². The van der Waals surface area contributed by atoms with Crippen LogP contribution in [0.25, 0.3) is 0 Å². The van der Waals surface area contributed by atoms with Gasteiger partial charge in [-0.2, -0.15) is 0 Å². The Morgan fingerprint density at radius 1 is 1.43 bits per heavy atom. The van der Waals surface area contributed by atoms with Crippen LogP contribution in [0.3, 0.4) is 0 Å². The first-order valence-electron chi connectivity index (χ1n) is 5.00. The van der Waals surface area contributed by atoms with E-state index in [-0.39, 0.29) is 0 Å². The van der Waals surface area contributed by atoms with E-state index in [0.717, 1.165) is 31.8 Å². The van der Waals surface area contributed by atoms with Crippen LogP contribution >= 0.6 is 0 Å². The largest absolute Gasteiger partial charge is 0.383 e. The number of nitrogens with zero attached hydrogens (tertiary/aromatic N) is 1. The Hall–Kier alpha value is -0.930. The minimum atomic E-state index is 0.743. The zero-order chi connectivity index (χ0) is 10.2. The van der Waals surface area contributed by atoms with Crippen molar-refractivity contribution in [2.75, 3.05) is 20.3 Å². The van der Waals surface area contributed by atoms with Crippen LogP contribution in [0.15, 0.2) is 18.3 Å². The summed E-state index contributed by atoms with van der Waals surface area (Å²) in [4.78, 5) is 4.34. The first-order valence-corrected chi connectivity index (χ1v) is 5.00. The van der Waals surface area contributed by atoms with Crippen molar-refractivity contribution in [2.45, 2.75) is 19.9 Å². The molecule has 0 spiro atoms. The highest BCUT2D eigenvalue weighted by Crippen LogP contribution is 2.00. The second-order valence-corrected chi connectivity index (χ2v) is 3.18. The van der Waals surface area contributed by atoms with Crippen LogP contribution in [-0.4, -0.2) is 25.2 Å². The fourth-order valence-electron chi connectivity index (χ4n) is 1.16. The zero-order valence-electron chi connectivity index (χ0n) is 8.92. The monoisotopic (exact) mass is 194 g/mol. The molecule has 1 aromatic rings. The minimum absolute atomic E-state index is 0.743. The van der Waals surface area contributed by atoms with Crippen molar-refractivity contribution in [3.63, 3.8) is 0 Å². The second kappa shape index (κ2) is 6.51. The molecule has 0 aliphatic carbocycles. The van der Waals surface area contributed by atoms with Gasteiger partial charge in [-0.05, 0) is 18.1 Å². The van der Waals surface area contributed by atoms with Gasteiger partial charge in [0, 0.05) is 26.4 Å². The summed E-state index contributed by atoms with van der Waals surface area (Å²) < 4.78 is 4.93. The van der Waals surface area contributed by atoms with Crippen LogP contribution in [0.4, 0.5) is 0 Å². The lowest BCUT2D eigenvalue weighted by Gasteiger charge is -2.03. The van der Waals surface area contributed by atoms with Crippen molar-refractivity contribution in [1.82, 2.24) is 10.3 Å². The van der Waals surface area contributed by atoms with Crippen molar-refractivity contribution in [2.24, 2.45) is 0 Å². The van der Waals surface area contributed by atoms with Crippen LogP contribution < -0.4 is 5.32 Å². The van der Waals surface area contributed by atoms with E-state index in [4.69, 9.17) is 4.74 Å². The van der Waals surface area contributed by atoms with Gasteiger partial charge in [0.15, 0.2) is 0 Å². The van der Waals surface area contributed by atoms with E-state index in [1.54, 1.807) is 7.11 Å². The van der Waals surface area contributed by atoms with Gasteiger partial charge in [-0.15, -0.1) is 0 Å². The average Bonchev–Trinajstić information content (AvgIpc) is 2.25. The molecule has 1 aromatic heterocycles. The lowest BCUT2D eigenvalue weighted by atomic mass is 10.2. The number of rotatable bonds is 6. The zero-order valence-corrected chi connectivity index (χ0v) is 8.92. The summed E-state index contributed by atoms with van der Waals surface area (Å²) in [6.45, 7) is 4.56. The number of aromatic nitrogens is 1. The van der Waals surface area contributed by atoms with Crippen molar-refractivity contribution < 1.29 is 4.74 Å². The summed E-state index contributed by atoms with van der Waals surface area (Å²) >= 11 is 0. The second-order valence-electron chi connectivity index (χ2n) is 3.18. The fraction of sp³-hybridized carbons (Fsp3) is 0.545. The predicted molar refractivity (Wildman–Crippen MR) is 57.2 cm³/mol. The van der Waals surface area contributed by atoms with Gasteiger partial charge in [0.25, 0.3) is 0 Å². The summed E-state index contributed by atoms with van der Waals surface area (Å²) in [5.41, 5.74) is 2.36. The van der Waals surface area contributed by atoms with Crippen molar-refractivity contribution in [3.05, 3.63) is 29.6 Å². The Morgan fingerprint density at radius 2 is 2.29 bits per heavy atom. The molecular weight excluding hydrogens is 176 g/mol. The number of hydrogen-bond acceptors (Lipinski definition) is 3. The number of ether oxygens (including phenoxy) is 1. The predicted octanol–water partition coefficient (Wildman–Crippen LogP) is 1.38. The first-order chi connectivity index (χ1) is 6.86. The lowest BCUT2D eigenvalue weighted by molar-refractivity contribution is 0.199. The maximum absolute atomic E-state index is 4.93. The van der Waals surface area contributed by atoms with E-state index in [9.17, 15) is 0 Å². The van der Waals surface area contributed by atoms with Crippen LogP contribution in [0.2, 0.25) is 0 Å². The Balaban J connectivity index is 2.29. The normalized spacial score (nSPS) is 10.4. The molecule has 1 rings (SSSR count). The highest BCUT2D eigenvalue weighted by atomic mass is 16.5. The molecule has 0 bridgehead atoms. The molecule has 0 radical (unpaired) electrons. The molecule has 0 aliphatic rings. The summed E-state index contributed by atoms with van der Waals surface area (Å²) in [7, 11) is 1.70. The summed E-state index contributed by atoms with van der Waals surface area (Å²) in [6, 6.07) is 4.19. The molecule has 14 heavy (non-hydrogen) atoms. The van der Waals surface area contributed by atoms with E-state index >= 15 is 0 Å². The summed E-state index contributed by atoms with van der Waals surface area (Å²) in [6.07, 6.45) is 2.98. The van der Waals surface area contributed by atoms with Gasteiger partial charge in [-0.1, -0.05) is 13.0 Å². The van der Waals surface area contributed by atoms with E-state index in [2.05, 4.69) is 29.4 Å². The Bertz CT molecular complexity index is 246. The topological polar surface area (TPSA) is 34.1 Å². The molecule has 78 valence electrons. The minimum Gasteiger partial charge on any atom is -0.383 e. The smallest absolute Gasteiger partial charge is 0.0587 e. The third kappa shape index (κ3) is 3.85. The van der Waals surface area contributed by atoms with Gasteiger partial charge in [0.2, 0.25) is 0 Å². The molecule has 3 nitrogen and oxygen atoms in total. The molecule has 3 heteroatoms. The molecule has 1 N–H and O–H groups in total. The maximum Gasteiger partial charge on any atom is 0.0587 e. The SMILES string of the molecule is CCc1ccc(CNCCOC)nc1. The Kier molecular flexibility index (Phi) is 5.19. The molecule has 0 saturated carbocycles. The first kappa shape index (κ1) is 11.1. The molecule has 0 aromatic carbocycles. The average molecular weight is 194 g/mol. The highest BCUT2D eigenvalue weighted by Gasteiger charge is 1.94. The molecular formula is C11H18N2O.